The molecule has 1 aliphatic heterocycles. The lowest BCUT2D eigenvalue weighted by atomic mass is 10.1. The van der Waals surface area contributed by atoms with Gasteiger partial charge in [-0.2, -0.15) is 0 Å². The molecule has 0 saturated carbocycles. The number of benzene rings is 1. The zero-order valence-corrected chi connectivity index (χ0v) is 14.9. The maximum absolute atomic E-state index is 5.94. The molecular weight excluding hydrogens is 284 g/mol. The summed E-state index contributed by atoms with van der Waals surface area (Å²) in [4.78, 5) is 0. The van der Waals surface area contributed by atoms with Gasteiger partial charge in [-0.05, 0) is 37.8 Å². The van der Waals surface area contributed by atoms with Crippen LogP contribution in [0.5, 0.6) is 5.75 Å². The number of rotatable bonds is 12. The Kier molecular flexibility index (Phi) is 7.67. The van der Waals surface area contributed by atoms with Gasteiger partial charge in [0.15, 0.2) is 0 Å². The summed E-state index contributed by atoms with van der Waals surface area (Å²) in [6, 6.07) is 8.33. The molecule has 0 N–H and O–H groups in total. The van der Waals surface area contributed by atoms with Crippen LogP contribution in [0.15, 0.2) is 36.4 Å². The van der Waals surface area contributed by atoms with E-state index in [9.17, 15) is 0 Å². The van der Waals surface area contributed by atoms with Crippen LogP contribution in [-0.2, 0) is 11.2 Å². The molecule has 0 aliphatic carbocycles. The highest BCUT2D eigenvalue weighted by Gasteiger charge is 2.40. The highest BCUT2D eigenvalue weighted by atomic mass is 16.6. The van der Waals surface area contributed by atoms with E-state index in [-0.39, 0.29) is 5.60 Å². The first-order valence-corrected chi connectivity index (χ1v) is 9.23. The van der Waals surface area contributed by atoms with Crippen LogP contribution < -0.4 is 4.74 Å². The van der Waals surface area contributed by atoms with Gasteiger partial charge in [0.05, 0.1) is 6.61 Å². The largest absolute Gasteiger partial charge is 0.490 e. The molecule has 0 bridgehead atoms. The summed E-state index contributed by atoms with van der Waals surface area (Å²) in [6.07, 6.45) is 14.9. The summed E-state index contributed by atoms with van der Waals surface area (Å²) in [5, 5.41) is 0. The van der Waals surface area contributed by atoms with Gasteiger partial charge in [-0.25, -0.2) is 0 Å². The van der Waals surface area contributed by atoms with Crippen molar-refractivity contribution in [2.45, 2.75) is 70.8 Å². The second-order valence-electron chi connectivity index (χ2n) is 6.87. The summed E-state index contributed by atoms with van der Waals surface area (Å²) in [6.45, 7) is 5.82. The van der Waals surface area contributed by atoms with Crippen molar-refractivity contribution in [3.8, 4) is 5.75 Å². The molecule has 1 unspecified atom stereocenters. The predicted octanol–water partition coefficient (Wildman–Crippen LogP) is 5.70. The summed E-state index contributed by atoms with van der Waals surface area (Å²) in [7, 11) is 0. The van der Waals surface area contributed by atoms with Crippen LogP contribution in [0.2, 0.25) is 0 Å². The van der Waals surface area contributed by atoms with Crippen LogP contribution >= 0.6 is 0 Å². The van der Waals surface area contributed by atoms with E-state index in [0.29, 0.717) is 6.61 Å². The SMILES string of the molecule is CCCCCCCC/C=C/Cc1ccccc1OCC1(C)CO1. The predicted molar refractivity (Wildman–Crippen MR) is 97.1 cm³/mol. The standard InChI is InChI=1S/C21H32O2/c1-3-4-5-6-7-8-9-10-11-14-19-15-12-13-16-20(19)22-17-21(2)18-23-21/h10-13,15-16H,3-9,14,17-18H2,1-2H3/b11-10+. The maximum atomic E-state index is 5.94. The van der Waals surface area contributed by atoms with E-state index in [0.717, 1.165) is 18.8 Å². The van der Waals surface area contributed by atoms with Gasteiger partial charge in [0.25, 0.3) is 0 Å². The second-order valence-corrected chi connectivity index (χ2v) is 6.87. The third-order valence-electron chi connectivity index (χ3n) is 4.37. The summed E-state index contributed by atoms with van der Waals surface area (Å²) < 4.78 is 11.3. The minimum absolute atomic E-state index is 0.0548. The van der Waals surface area contributed by atoms with E-state index >= 15 is 0 Å². The Morgan fingerprint density at radius 3 is 2.61 bits per heavy atom. The van der Waals surface area contributed by atoms with Gasteiger partial charge in [0.1, 0.15) is 18.0 Å². The van der Waals surface area contributed by atoms with Crippen molar-refractivity contribution in [1.29, 1.82) is 0 Å². The zero-order valence-electron chi connectivity index (χ0n) is 14.9. The number of hydrogen-bond donors (Lipinski definition) is 0. The fourth-order valence-corrected chi connectivity index (χ4v) is 2.62. The fraction of sp³-hybridized carbons (Fsp3) is 0.619. The molecule has 2 rings (SSSR count). The second kappa shape index (κ2) is 9.77. The summed E-state index contributed by atoms with van der Waals surface area (Å²) in [5.41, 5.74) is 1.21. The van der Waals surface area contributed by atoms with Crippen LogP contribution in [0, 0.1) is 0 Å². The number of hydrogen-bond acceptors (Lipinski definition) is 2. The lowest BCUT2D eigenvalue weighted by molar-refractivity contribution is 0.201. The molecule has 2 nitrogen and oxygen atoms in total. The van der Waals surface area contributed by atoms with Crippen LogP contribution in [0.4, 0.5) is 0 Å². The van der Waals surface area contributed by atoms with E-state index in [1.54, 1.807) is 0 Å². The Morgan fingerprint density at radius 1 is 1.09 bits per heavy atom. The van der Waals surface area contributed by atoms with Crippen LogP contribution in [-0.4, -0.2) is 18.8 Å². The molecule has 0 spiro atoms. The van der Waals surface area contributed by atoms with Crippen LogP contribution in [0.3, 0.4) is 0 Å². The molecule has 1 aromatic rings. The summed E-state index contributed by atoms with van der Waals surface area (Å²) in [5.74, 6) is 0.994. The first-order chi connectivity index (χ1) is 11.2. The van der Waals surface area contributed by atoms with E-state index in [2.05, 4.69) is 44.2 Å². The molecule has 23 heavy (non-hydrogen) atoms. The Morgan fingerprint density at radius 2 is 1.83 bits per heavy atom. The van der Waals surface area contributed by atoms with Gasteiger partial charge < -0.3 is 9.47 Å². The summed E-state index contributed by atoms with van der Waals surface area (Å²) >= 11 is 0. The Balaban J connectivity index is 1.65. The van der Waals surface area contributed by atoms with Crippen molar-refractivity contribution in [3.05, 3.63) is 42.0 Å². The molecule has 128 valence electrons. The van der Waals surface area contributed by atoms with Gasteiger partial charge in [-0.3, -0.25) is 0 Å². The zero-order chi connectivity index (χ0) is 16.4. The Bertz CT molecular complexity index is 474. The number of allylic oxidation sites excluding steroid dienone is 2. The number of para-hydroxylation sites is 1. The van der Waals surface area contributed by atoms with Crippen molar-refractivity contribution in [2.24, 2.45) is 0 Å². The average molecular weight is 316 g/mol. The monoisotopic (exact) mass is 316 g/mol. The normalized spacial score (nSPS) is 20.1. The first kappa shape index (κ1) is 18.1. The lowest BCUT2D eigenvalue weighted by Crippen LogP contribution is -2.17. The third kappa shape index (κ3) is 7.22. The van der Waals surface area contributed by atoms with Gasteiger partial charge >= 0.3 is 0 Å². The number of ether oxygens (including phenoxy) is 2. The van der Waals surface area contributed by atoms with E-state index in [4.69, 9.17) is 9.47 Å². The van der Waals surface area contributed by atoms with Gasteiger partial charge in [0.2, 0.25) is 0 Å². The molecule has 1 atom stereocenters. The van der Waals surface area contributed by atoms with Crippen LogP contribution in [0.1, 0.15) is 64.4 Å². The van der Waals surface area contributed by atoms with Crippen molar-refractivity contribution in [1.82, 2.24) is 0 Å². The molecule has 1 saturated heterocycles. The van der Waals surface area contributed by atoms with E-state index < -0.39 is 0 Å². The van der Waals surface area contributed by atoms with Crippen molar-refractivity contribution >= 4 is 0 Å². The molecule has 2 heteroatoms. The minimum Gasteiger partial charge on any atom is -0.490 e. The molecule has 1 fully saturated rings. The highest BCUT2D eigenvalue weighted by molar-refractivity contribution is 5.35. The smallest absolute Gasteiger partial charge is 0.123 e. The molecule has 1 aliphatic rings. The number of epoxide rings is 1. The quantitative estimate of drug-likeness (QED) is 0.280. The lowest BCUT2D eigenvalue weighted by Gasteiger charge is -2.12. The Labute approximate surface area is 141 Å². The molecule has 1 heterocycles. The highest BCUT2D eigenvalue weighted by Crippen LogP contribution is 2.28. The minimum atomic E-state index is -0.0548. The van der Waals surface area contributed by atoms with E-state index in [1.165, 1.54) is 50.5 Å². The van der Waals surface area contributed by atoms with E-state index in [1.807, 2.05) is 6.07 Å². The van der Waals surface area contributed by atoms with Gasteiger partial charge in [-0.15, -0.1) is 0 Å². The van der Waals surface area contributed by atoms with Crippen molar-refractivity contribution in [2.75, 3.05) is 13.2 Å². The third-order valence-corrected chi connectivity index (χ3v) is 4.37. The maximum Gasteiger partial charge on any atom is 0.123 e. The van der Waals surface area contributed by atoms with Gasteiger partial charge in [0, 0.05) is 0 Å². The molecule has 0 aromatic heterocycles. The molecule has 0 radical (unpaired) electrons. The van der Waals surface area contributed by atoms with Crippen molar-refractivity contribution in [3.63, 3.8) is 0 Å². The fourth-order valence-electron chi connectivity index (χ4n) is 2.62. The number of unbranched alkanes of at least 4 members (excludes halogenated alkanes) is 6. The first-order valence-electron chi connectivity index (χ1n) is 9.23. The van der Waals surface area contributed by atoms with Crippen molar-refractivity contribution < 1.29 is 9.47 Å². The topological polar surface area (TPSA) is 21.8 Å². The Hall–Kier alpha value is -1.28. The molecular formula is C21H32O2. The average Bonchev–Trinajstić information content (AvgIpc) is 3.30. The molecule has 0 amide bonds. The van der Waals surface area contributed by atoms with Crippen LogP contribution in [0.25, 0.3) is 0 Å². The van der Waals surface area contributed by atoms with Gasteiger partial charge in [-0.1, -0.05) is 69.4 Å². The molecule has 1 aromatic carbocycles.